The SMILES string of the molecule is Cc1nn(C(C)c2ccccc2)c2c1C(=O)C(=O)c1ccccc1-2. The highest BCUT2D eigenvalue weighted by atomic mass is 16.2. The van der Waals surface area contributed by atoms with Gasteiger partial charge in [-0.2, -0.15) is 5.10 Å². The minimum atomic E-state index is -0.465. The maximum absolute atomic E-state index is 12.6. The first kappa shape index (κ1) is 14.6. The number of aromatic nitrogens is 2. The fourth-order valence-corrected chi connectivity index (χ4v) is 3.35. The van der Waals surface area contributed by atoms with Gasteiger partial charge in [0, 0.05) is 11.1 Å². The largest absolute Gasteiger partial charge is 0.285 e. The monoisotopic (exact) mass is 316 g/mol. The highest BCUT2D eigenvalue weighted by Gasteiger charge is 2.36. The molecule has 0 spiro atoms. The van der Waals surface area contributed by atoms with Crippen molar-refractivity contribution < 1.29 is 9.59 Å². The van der Waals surface area contributed by atoms with Crippen molar-refractivity contribution >= 4 is 11.6 Å². The minimum absolute atomic E-state index is 0.0392. The third-order valence-electron chi connectivity index (χ3n) is 4.59. The zero-order chi connectivity index (χ0) is 16.8. The van der Waals surface area contributed by atoms with Crippen molar-refractivity contribution in [1.82, 2.24) is 9.78 Å². The van der Waals surface area contributed by atoms with Crippen LogP contribution in [0.15, 0.2) is 54.6 Å². The second-order valence-corrected chi connectivity index (χ2v) is 6.04. The summed E-state index contributed by atoms with van der Waals surface area (Å²) in [5, 5.41) is 4.60. The smallest absolute Gasteiger partial charge is 0.237 e. The Morgan fingerprint density at radius 2 is 1.50 bits per heavy atom. The summed E-state index contributed by atoms with van der Waals surface area (Å²) in [6.07, 6.45) is 0. The van der Waals surface area contributed by atoms with Crippen LogP contribution in [0.5, 0.6) is 0 Å². The van der Waals surface area contributed by atoms with E-state index < -0.39 is 11.6 Å². The number of nitrogens with zero attached hydrogens (tertiary/aromatic N) is 2. The normalized spacial score (nSPS) is 14.2. The van der Waals surface area contributed by atoms with Crippen LogP contribution in [-0.2, 0) is 0 Å². The van der Waals surface area contributed by atoms with E-state index in [1.807, 2.05) is 54.1 Å². The number of carbonyl (C=O) groups excluding carboxylic acids is 2. The van der Waals surface area contributed by atoms with E-state index in [-0.39, 0.29) is 6.04 Å². The highest BCUT2D eigenvalue weighted by Crippen LogP contribution is 2.37. The van der Waals surface area contributed by atoms with Gasteiger partial charge in [-0.15, -0.1) is 0 Å². The average molecular weight is 316 g/mol. The lowest BCUT2D eigenvalue weighted by Crippen LogP contribution is -2.22. The van der Waals surface area contributed by atoms with Crippen molar-refractivity contribution in [2.45, 2.75) is 19.9 Å². The first-order valence-electron chi connectivity index (χ1n) is 7.92. The first-order chi connectivity index (χ1) is 11.6. The lowest BCUT2D eigenvalue weighted by atomic mass is 9.87. The number of rotatable bonds is 2. The van der Waals surface area contributed by atoms with Crippen molar-refractivity contribution in [2.24, 2.45) is 0 Å². The van der Waals surface area contributed by atoms with Crippen LogP contribution in [0.1, 0.15) is 44.9 Å². The van der Waals surface area contributed by atoms with E-state index in [9.17, 15) is 9.59 Å². The van der Waals surface area contributed by atoms with Gasteiger partial charge in [0.1, 0.15) is 0 Å². The summed E-state index contributed by atoms with van der Waals surface area (Å²) >= 11 is 0. The molecule has 2 aromatic carbocycles. The second-order valence-electron chi connectivity index (χ2n) is 6.04. The Hall–Kier alpha value is -3.01. The summed E-state index contributed by atoms with van der Waals surface area (Å²) in [7, 11) is 0. The molecule has 0 fully saturated rings. The molecule has 1 aromatic heterocycles. The summed E-state index contributed by atoms with van der Waals surface area (Å²) in [6, 6.07) is 17.2. The molecule has 1 atom stereocenters. The molecule has 4 rings (SSSR count). The molecule has 0 radical (unpaired) electrons. The Morgan fingerprint density at radius 1 is 0.875 bits per heavy atom. The number of fused-ring (bicyclic) bond motifs is 3. The maximum Gasteiger partial charge on any atom is 0.237 e. The number of aryl methyl sites for hydroxylation is 1. The Morgan fingerprint density at radius 3 is 2.21 bits per heavy atom. The maximum atomic E-state index is 12.6. The van der Waals surface area contributed by atoms with E-state index in [4.69, 9.17) is 0 Å². The van der Waals surface area contributed by atoms with Crippen molar-refractivity contribution in [1.29, 1.82) is 0 Å². The molecule has 0 bridgehead atoms. The molecule has 1 aliphatic carbocycles. The van der Waals surface area contributed by atoms with Crippen LogP contribution in [0, 0.1) is 6.92 Å². The van der Waals surface area contributed by atoms with Gasteiger partial charge in [-0.25, -0.2) is 0 Å². The van der Waals surface area contributed by atoms with E-state index in [0.29, 0.717) is 16.8 Å². The molecule has 1 aliphatic rings. The molecule has 0 N–H and O–H groups in total. The number of ketones is 2. The molecular weight excluding hydrogens is 300 g/mol. The zero-order valence-electron chi connectivity index (χ0n) is 13.5. The third-order valence-corrected chi connectivity index (χ3v) is 4.59. The Kier molecular flexibility index (Phi) is 3.20. The van der Waals surface area contributed by atoms with Crippen LogP contribution in [0.2, 0.25) is 0 Å². The van der Waals surface area contributed by atoms with Crippen molar-refractivity contribution in [2.75, 3.05) is 0 Å². The predicted octanol–water partition coefficient (Wildman–Crippen LogP) is 3.85. The van der Waals surface area contributed by atoms with Crippen LogP contribution in [-0.4, -0.2) is 21.3 Å². The van der Waals surface area contributed by atoms with Gasteiger partial charge < -0.3 is 0 Å². The molecule has 4 heteroatoms. The van der Waals surface area contributed by atoms with E-state index in [1.165, 1.54) is 0 Å². The van der Waals surface area contributed by atoms with Crippen LogP contribution in [0.4, 0.5) is 0 Å². The third kappa shape index (κ3) is 1.96. The number of hydrogen-bond acceptors (Lipinski definition) is 3. The van der Waals surface area contributed by atoms with Gasteiger partial charge in [-0.05, 0) is 19.4 Å². The molecule has 0 aliphatic heterocycles. The summed E-state index contributed by atoms with van der Waals surface area (Å²) in [4.78, 5) is 25.0. The number of benzene rings is 2. The molecule has 3 aromatic rings. The van der Waals surface area contributed by atoms with E-state index in [0.717, 1.165) is 16.8 Å². The highest BCUT2D eigenvalue weighted by molar-refractivity contribution is 6.53. The number of carbonyl (C=O) groups is 2. The molecule has 1 unspecified atom stereocenters. The van der Waals surface area contributed by atoms with Gasteiger partial charge in [0.05, 0.1) is 23.0 Å². The lowest BCUT2D eigenvalue weighted by Gasteiger charge is -2.20. The van der Waals surface area contributed by atoms with Crippen molar-refractivity contribution in [3.63, 3.8) is 0 Å². The Balaban J connectivity index is 1.99. The van der Waals surface area contributed by atoms with E-state index >= 15 is 0 Å². The van der Waals surface area contributed by atoms with E-state index in [1.54, 1.807) is 19.1 Å². The number of hydrogen-bond donors (Lipinski definition) is 0. The van der Waals surface area contributed by atoms with Crippen LogP contribution < -0.4 is 0 Å². The fraction of sp³-hybridized carbons (Fsp3) is 0.150. The topological polar surface area (TPSA) is 52.0 Å². The standard InChI is InChI=1S/C20H16N2O2/c1-12-17-18(15-10-6-7-11-16(15)19(23)20(17)24)22(21-12)13(2)14-8-4-3-5-9-14/h3-11,13H,1-2H3. The fourth-order valence-electron chi connectivity index (χ4n) is 3.35. The molecule has 1 heterocycles. The minimum Gasteiger partial charge on any atom is -0.285 e. The molecule has 0 saturated heterocycles. The van der Waals surface area contributed by atoms with Crippen molar-refractivity contribution in [3.05, 3.63) is 77.0 Å². The van der Waals surface area contributed by atoms with Gasteiger partial charge in [0.15, 0.2) is 0 Å². The Bertz CT molecular complexity index is 971. The van der Waals surface area contributed by atoms with Crippen molar-refractivity contribution in [3.8, 4) is 11.3 Å². The van der Waals surface area contributed by atoms with Gasteiger partial charge in [0.25, 0.3) is 0 Å². The molecule has 118 valence electrons. The first-order valence-corrected chi connectivity index (χ1v) is 7.92. The average Bonchev–Trinajstić information content (AvgIpc) is 2.97. The van der Waals surface area contributed by atoms with E-state index in [2.05, 4.69) is 5.10 Å². The van der Waals surface area contributed by atoms with Gasteiger partial charge in [0.2, 0.25) is 11.6 Å². The van der Waals surface area contributed by atoms with Gasteiger partial charge >= 0.3 is 0 Å². The van der Waals surface area contributed by atoms with Gasteiger partial charge in [-0.1, -0.05) is 54.6 Å². The second kappa shape index (κ2) is 5.27. The Labute approximate surface area is 139 Å². The predicted molar refractivity (Wildman–Crippen MR) is 91.3 cm³/mol. The summed E-state index contributed by atoms with van der Waals surface area (Å²) < 4.78 is 1.86. The molecule has 24 heavy (non-hydrogen) atoms. The summed E-state index contributed by atoms with van der Waals surface area (Å²) in [5.74, 6) is -0.916. The molecule has 0 amide bonds. The van der Waals surface area contributed by atoms with Crippen LogP contribution in [0.3, 0.4) is 0 Å². The molecular formula is C20H16N2O2. The summed E-state index contributed by atoms with van der Waals surface area (Å²) in [5.41, 5.74) is 4.10. The molecule has 0 saturated carbocycles. The van der Waals surface area contributed by atoms with Crippen LogP contribution >= 0.6 is 0 Å². The zero-order valence-corrected chi connectivity index (χ0v) is 13.5. The van der Waals surface area contributed by atoms with Crippen LogP contribution in [0.25, 0.3) is 11.3 Å². The number of Topliss-reactive ketones (excluding diaryl/α,β-unsaturated/α-hetero) is 2. The summed E-state index contributed by atoms with van der Waals surface area (Å²) in [6.45, 7) is 3.83. The quantitative estimate of drug-likeness (QED) is 0.675. The molecule has 4 nitrogen and oxygen atoms in total. The van der Waals surface area contributed by atoms with Gasteiger partial charge in [-0.3, -0.25) is 14.3 Å². The lowest BCUT2D eigenvalue weighted by molar-refractivity contribution is 0.0815.